The fraction of sp³-hybridized carbons (Fsp3) is 0.130. The quantitative estimate of drug-likeness (QED) is 0.495. The third-order valence-corrected chi connectivity index (χ3v) is 4.16. The topological polar surface area (TPSA) is 3.24 Å². The minimum atomic E-state index is -4.44. The molecular weight excluding hydrogens is 347 g/mol. The van der Waals surface area contributed by atoms with Gasteiger partial charge in [-0.15, -0.1) is 0 Å². The maximum absolute atomic E-state index is 13.7. The molecule has 0 bridgehead atoms. The Kier molecular flexibility index (Phi) is 5.97. The zero-order chi connectivity index (χ0) is 19.1. The van der Waals surface area contributed by atoms with Crippen molar-refractivity contribution in [2.24, 2.45) is 0 Å². The Morgan fingerprint density at radius 3 is 1.48 bits per heavy atom. The number of alkyl halides is 3. The van der Waals surface area contributed by atoms with Crippen LogP contribution in [-0.4, -0.2) is 11.1 Å². The molecule has 1 nitrogen and oxygen atoms in total. The van der Waals surface area contributed by atoms with Crippen LogP contribution >= 0.6 is 0 Å². The molecule has 0 saturated carbocycles. The number of benzene rings is 3. The predicted molar refractivity (Wildman–Crippen MR) is 103 cm³/mol. The van der Waals surface area contributed by atoms with E-state index >= 15 is 0 Å². The lowest BCUT2D eigenvalue weighted by Gasteiger charge is -2.24. The van der Waals surface area contributed by atoms with E-state index in [4.69, 9.17) is 0 Å². The van der Waals surface area contributed by atoms with Crippen LogP contribution < -0.4 is 0 Å². The van der Waals surface area contributed by atoms with Crippen molar-refractivity contribution in [3.05, 3.63) is 114 Å². The Morgan fingerprint density at radius 1 is 0.667 bits per heavy atom. The van der Waals surface area contributed by atoms with Crippen molar-refractivity contribution in [2.45, 2.75) is 19.3 Å². The third-order valence-electron chi connectivity index (χ3n) is 4.16. The Labute approximate surface area is 157 Å². The van der Waals surface area contributed by atoms with Gasteiger partial charge in [-0.3, -0.25) is 0 Å². The largest absolute Gasteiger partial charge is 0.418 e. The van der Waals surface area contributed by atoms with Gasteiger partial charge in [-0.1, -0.05) is 91.0 Å². The molecule has 0 amide bonds. The van der Waals surface area contributed by atoms with Gasteiger partial charge in [0, 0.05) is 19.3 Å². The highest BCUT2D eigenvalue weighted by Gasteiger charge is 2.35. The first-order valence-electron chi connectivity index (χ1n) is 8.69. The normalized spacial score (nSPS) is 12.0. The molecule has 0 saturated heterocycles. The first-order chi connectivity index (χ1) is 13.0. The molecule has 0 atom stereocenters. The molecular formula is C23H20F3N. The lowest BCUT2D eigenvalue weighted by Crippen LogP contribution is -2.21. The van der Waals surface area contributed by atoms with Crippen LogP contribution in [0.4, 0.5) is 13.2 Å². The van der Waals surface area contributed by atoms with Crippen molar-refractivity contribution >= 4 is 5.57 Å². The third kappa shape index (κ3) is 5.48. The summed E-state index contributed by atoms with van der Waals surface area (Å²) in [6.45, 7) is 0.782. The standard InChI is InChI=1S/C23H20F3N/c24-23(25,26)22(21-14-8-3-9-15-21)18-27(16-19-10-4-1-5-11-19)17-20-12-6-2-7-13-20/h1-15,18H,16-17H2/b22-18-. The van der Waals surface area contributed by atoms with Gasteiger partial charge in [-0.05, 0) is 16.7 Å². The molecule has 0 fully saturated rings. The summed E-state index contributed by atoms with van der Waals surface area (Å²) in [5.74, 6) is 0. The Morgan fingerprint density at radius 2 is 1.07 bits per heavy atom. The van der Waals surface area contributed by atoms with Gasteiger partial charge in [0.05, 0.1) is 5.57 Å². The second-order valence-electron chi connectivity index (χ2n) is 6.28. The van der Waals surface area contributed by atoms with Crippen LogP contribution in [0.1, 0.15) is 16.7 Å². The van der Waals surface area contributed by atoms with Crippen molar-refractivity contribution < 1.29 is 13.2 Å². The molecule has 0 heterocycles. The minimum Gasteiger partial charge on any atom is -0.368 e. The van der Waals surface area contributed by atoms with E-state index in [0.29, 0.717) is 13.1 Å². The monoisotopic (exact) mass is 367 g/mol. The molecule has 0 N–H and O–H groups in total. The molecule has 3 aromatic carbocycles. The smallest absolute Gasteiger partial charge is 0.368 e. The van der Waals surface area contributed by atoms with Gasteiger partial charge in [0.1, 0.15) is 0 Å². The van der Waals surface area contributed by atoms with E-state index < -0.39 is 11.7 Å². The number of nitrogens with zero attached hydrogens (tertiary/aromatic N) is 1. The van der Waals surface area contributed by atoms with Crippen LogP contribution in [0.2, 0.25) is 0 Å². The molecule has 0 unspecified atom stereocenters. The number of halogens is 3. The fourth-order valence-electron chi connectivity index (χ4n) is 2.89. The number of allylic oxidation sites excluding steroid dienone is 1. The molecule has 4 heteroatoms. The molecule has 138 valence electrons. The van der Waals surface area contributed by atoms with Gasteiger partial charge in [0.25, 0.3) is 0 Å². The van der Waals surface area contributed by atoms with Gasteiger partial charge in [0.15, 0.2) is 0 Å². The summed E-state index contributed by atoms with van der Waals surface area (Å²) in [5.41, 5.74) is 1.43. The van der Waals surface area contributed by atoms with Crippen LogP contribution in [-0.2, 0) is 13.1 Å². The first-order valence-corrected chi connectivity index (χ1v) is 8.69. The van der Waals surface area contributed by atoms with Crippen LogP contribution in [0.15, 0.2) is 97.2 Å². The molecule has 0 aromatic heterocycles. The van der Waals surface area contributed by atoms with Gasteiger partial charge in [-0.25, -0.2) is 0 Å². The van der Waals surface area contributed by atoms with E-state index in [-0.39, 0.29) is 5.56 Å². The zero-order valence-electron chi connectivity index (χ0n) is 14.7. The number of hydrogen-bond acceptors (Lipinski definition) is 1. The highest BCUT2D eigenvalue weighted by atomic mass is 19.4. The molecule has 0 spiro atoms. The SMILES string of the molecule is FC(F)(F)/C(=C\N(Cc1ccccc1)Cc1ccccc1)c1ccccc1. The van der Waals surface area contributed by atoms with E-state index in [9.17, 15) is 13.2 Å². The Bertz CT molecular complexity index is 815. The lowest BCUT2D eigenvalue weighted by molar-refractivity contribution is -0.0697. The average molecular weight is 367 g/mol. The van der Waals surface area contributed by atoms with E-state index in [1.807, 2.05) is 60.7 Å². The van der Waals surface area contributed by atoms with Gasteiger partial charge in [0.2, 0.25) is 0 Å². The van der Waals surface area contributed by atoms with Gasteiger partial charge >= 0.3 is 6.18 Å². The Hall–Kier alpha value is -3.01. The van der Waals surface area contributed by atoms with Crippen molar-refractivity contribution in [3.8, 4) is 0 Å². The highest BCUT2D eigenvalue weighted by Crippen LogP contribution is 2.34. The second kappa shape index (κ2) is 8.58. The summed E-state index contributed by atoms with van der Waals surface area (Å²) in [6, 6.07) is 27.0. The van der Waals surface area contributed by atoms with E-state index in [0.717, 1.165) is 11.1 Å². The van der Waals surface area contributed by atoms with E-state index in [1.54, 1.807) is 23.1 Å². The van der Waals surface area contributed by atoms with Crippen molar-refractivity contribution in [1.29, 1.82) is 0 Å². The second-order valence-corrected chi connectivity index (χ2v) is 6.28. The molecule has 0 aliphatic heterocycles. The molecule has 27 heavy (non-hydrogen) atoms. The van der Waals surface area contributed by atoms with Gasteiger partial charge in [-0.2, -0.15) is 13.2 Å². The van der Waals surface area contributed by atoms with Crippen molar-refractivity contribution in [2.75, 3.05) is 0 Å². The summed E-state index contributed by atoms with van der Waals surface area (Å²) < 4.78 is 41.2. The number of hydrogen-bond donors (Lipinski definition) is 0. The van der Waals surface area contributed by atoms with Gasteiger partial charge < -0.3 is 4.90 Å². The molecule has 0 aliphatic rings. The fourth-order valence-corrected chi connectivity index (χ4v) is 2.89. The maximum Gasteiger partial charge on any atom is 0.418 e. The van der Waals surface area contributed by atoms with Crippen molar-refractivity contribution in [3.63, 3.8) is 0 Å². The summed E-state index contributed by atoms with van der Waals surface area (Å²) in [4.78, 5) is 1.71. The summed E-state index contributed by atoms with van der Waals surface area (Å²) in [5, 5.41) is 0. The maximum atomic E-state index is 13.7. The van der Waals surface area contributed by atoms with E-state index in [2.05, 4.69) is 0 Å². The average Bonchev–Trinajstić information content (AvgIpc) is 2.67. The first kappa shape index (κ1) is 18.8. The zero-order valence-corrected chi connectivity index (χ0v) is 14.7. The summed E-state index contributed by atoms with van der Waals surface area (Å²) in [7, 11) is 0. The molecule has 3 rings (SSSR count). The van der Waals surface area contributed by atoms with Crippen LogP contribution in [0, 0.1) is 0 Å². The Balaban J connectivity index is 1.97. The highest BCUT2D eigenvalue weighted by molar-refractivity contribution is 5.69. The molecule has 3 aromatic rings. The molecule has 0 aliphatic carbocycles. The number of rotatable bonds is 6. The lowest BCUT2D eigenvalue weighted by atomic mass is 10.1. The minimum absolute atomic E-state index is 0.163. The predicted octanol–water partition coefficient (Wildman–Crippen LogP) is 6.29. The van der Waals surface area contributed by atoms with E-state index in [1.165, 1.54) is 18.3 Å². The summed E-state index contributed by atoms with van der Waals surface area (Å²) in [6.07, 6.45) is -3.21. The van der Waals surface area contributed by atoms with Crippen LogP contribution in [0.25, 0.3) is 5.57 Å². The summed E-state index contributed by atoms with van der Waals surface area (Å²) >= 11 is 0. The molecule has 0 radical (unpaired) electrons. The van der Waals surface area contributed by atoms with Crippen LogP contribution in [0.3, 0.4) is 0 Å². The van der Waals surface area contributed by atoms with Crippen molar-refractivity contribution in [1.82, 2.24) is 4.90 Å². The van der Waals surface area contributed by atoms with Crippen LogP contribution in [0.5, 0.6) is 0 Å².